The summed E-state index contributed by atoms with van der Waals surface area (Å²) in [5.41, 5.74) is 8.46. The minimum atomic E-state index is 0.664. The number of hydrogen-bond donors (Lipinski definition) is 1. The zero-order valence-corrected chi connectivity index (χ0v) is 9.02. The van der Waals surface area contributed by atoms with Gasteiger partial charge >= 0.3 is 0 Å². The summed E-state index contributed by atoms with van der Waals surface area (Å²) in [5, 5.41) is 0. The van der Waals surface area contributed by atoms with E-state index in [-0.39, 0.29) is 0 Å². The Morgan fingerprint density at radius 2 is 1.80 bits per heavy atom. The lowest BCUT2D eigenvalue weighted by molar-refractivity contribution is 0.296. The molecule has 1 aliphatic carbocycles. The third kappa shape index (κ3) is 1.80. The monoisotopic (exact) mass is 202 g/mol. The molecule has 2 nitrogen and oxygen atoms in total. The van der Waals surface area contributed by atoms with E-state index < -0.39 is 0 Å². The van der Waals surface area contributed by atoms with Gasteiger partial charge in [-0.1, -0.05) is 24.3 Å². The summed E-state index contributed by atoms with van der Waals surface area (Å²) in [5.74, 6) is 2.05. The third-order valence-corrected chi connectivity index (χ3v) is 3.79. The Kier molecular flexibility index (Phi) is 2.26. The summed E-state index contributed by atoms with van der Waals surface area (Å²) < 4.78 is 0. The Hall–Kier alpha value is -0.860. The summed E-state index contributed by atoms with van der Waals surface area (Å²) >= 11 is 0. The van der Waals surface area contributed by atoms with Crippen molar-refractivity contribution in [2.75, 3.05) is 13.1 Å². The van der Waals surface area contributed by atoms with Crippen molar-refractivity contribution in [1.82, 2.24) is 4.90 Å². The highest BCUT2D eigenvalue weighted by molar-refractivity contribution is 5.27. The van der Waals surface area contributed by atoms with Gasteiger partial charge in [-0.05, 0) is 29.4 Å². The maximum atomic E-state index is 5.74. The van der Waals surface area contributed by atoms with Crippen molar-refractivity contribution >= 4 is 0 Å². The van der Waals surface area contributed by atoms with E-state index in [1.54, 1.807) is 0 Å². The summed E-state index contributed by atoms with van der Waals surface area (Å²) in [6.45, 7) is 4.38. The van der Waals surface area contributed by atoms with E-state index in [1.165, 1.54) is 30.6 Å². The molecule has 2 unspecified atom stereocenters. The van der Waals surface area contributed by atoms with E-state index in [1.807, 2.05) is 0 Å². The molecule has 0 radical (unpaired) electrons. The largest absolute Gasteiger partial charge is 0.326 e. The van der Waals surface area contributed by atoms with Crippen molar-refractivity contribution in [3.63, 3.8) is 0 Å². The van der Waals surface area contributed by atoms with Crippen molar-refractivity contribution in [3.8, 4) is 0 Å². The Morgan fingerprint density at radius 1 is 1.13 bits per heavy atom. The Balaban J connectivity index is 1.70. The van der Waals surface area contributed by atoms with Crippen LogP contribution in [-0.2, 0) is 13.1 Å². The highest BCUT2D eigenvalue weighted by atomic mass is 15.2. The molecule has 0 spiro atoms. The molecule has 0 aromatic heterocycles. The van der Waals surface area contributed by atoms with Crippen LogP contribution >= 0.6 is 0 Å². The van der Waals surface area contributed by atoms with Crippen LogP contribution in [-0.4, -0.2) is 18.0 Å². The van der Waals surface area contributed by atoms with Gasteiger partial charge in [-0.25, -0.2) is 0 Å². The van der Waals surface area contributed by atoms with Gasteiger partial charge in [-0.15, -0.1) is 0 Å². The van der Waals surface area contributed by atoms with Gasteiger partial charge in [-0.3, -0.25) is 4.90 Å². The van der Waals surface area contributed by atoms with Crippen molar-refractivity contribution in [3.05, 3.63) is 35.4 Å². The van der Waals surface area contributed by atoms with Crippen LogP contribution in [0.3, 0.4) is 0 Å². The molecule has 2 atom stereocenters. The first kappa shape index (κ1) is 9.37. The molecule has 1 aliphatic heterocycles. The van der Waals surface area contributed by atoms with Crippen LogP contribution in [0.15, 0.2) is 24.3 Å². The molecule has 2 heteroatoms. The average Bonchev–Trinajstić information content (AvgIpc) is 2.87. The highest BCUT2D eigenvalue weighted by Crippen LogP contribution is 2.45. The number of fused-ring (bicyclic) bond motifs is 1. The SMILES string of the molecule is NCc1ccccc1CN1CC2CC2C1. The fourth-order valence-electron chi connectivity index (χ4n) is 2.78. The first-order valence-electron chi connectivity index (χ1n) is 5.86. The second kappa shape index (κ2) is 3.62. The third-order valence-electron chi connectivity index (χ3n) is 3.79. The van der Waals surface area contributed by atoms with E-state index >= 15 is 0 Å². The zero-order chi connectivity index (χ0) is 10.3. The van der Waals surface area contributed by atoms with E-state index in [0.717, 1.165) is 18.4 Å². The smallest absolute Gasteiger partial charge is 0.0237 e. The number of hydrogen-bond acceptors (Lipinski definition) is 2. The highest BCUT2D eigenvalue weighted by Gasteiger charge is 2.44. The van der Waals surface area contributed by atoms with Crippen LogP contribution in [0.25, 0.3) is 0 Å². The molecule has 1 aromatic carbocycles. The van der Waals surface area contributed by atoms with Crippen LogP contribution in [0.2, 0.25) is 0 Å². The topological polar surface area (TPSA) is 29.3 Å². The second-order valence-corrected chi connectivity index (χ2v) is 4.92. The number of piperidine rings is 1. The molecule has 0 bridgehead atoms. The second-order valence-electron chi connectivity index (χ2n) is 4.92. The minimum Gasteiger partial charge on any atom is -0.326 e. The number of nitrogens with two attached hydrogens (primary N) is 1. The number of nitrogens with zero attached hydrogens (tertiary/aromatic N) is 1. The number of rotatable bonds is 3. The van der Waals surface area contributed by atoms with Gasteiger partial charge in [0.25, 0.3) is 0 Å². The standard InChI is InChI=1S/C13H18N2/c14-6-10-3-1-2-4-11(10)7-15-8-12-5-13(12)9-15/h1-4,12-13H,5-9,14H2. The van der Waals surface area contributed by atoms with Crippen LogP contribution in [0.4, 0.5) is 0 Å². The lowest BCUT2D eigenvalue weighted by Gasteiger charge is -2.19. The molecule has 1 heterocycles. The molecule has 15 heavy (non-hydrogen) atoms. The van der Waals surface area contributed by atoms with Gasteiger partial charge in [0.15, 0.2) is 0 Å². The van der Waals surface area contributed by atoms with Gasteiger partial charge in [0, 0.05) is 26.2 Å². The predicted molar refractivity (Wildman–Crippen MR) is 61.2 cm³/mol. The molecule has 1 aromatic rings. The predicted octanol–water partition coefficient (Wildman–Crippen LogP) is 1.60. The molecule has 3 rings (SSSR count). The fraction of sp³-hybridized carbons (Fsp3) is 0.538. The van der Waals surface area contributed by atoms with E-state index in [0.29, 0.717) is 6.54 Å². The molecule has 1 saturated carbocycles. The Labute approximate surface area is 91.1 Å². The summed E-state index contributed by atoms with van der Waals surface area (Å²) in [6, 6.07) is 8.55. The van der Waals surface area contributed by atoms with Crippen molar-refractivity contribution in [2.24, 2.45) is 17.6 Å². The van der Waals surface area contributed by atoms with Gasteiger partial charge in [0.05, 0.1) is 0 Å². The molecule has 0 amide bonds. The first-order valence-corrected chi connectivity index (χ1v) is 5.86. The molecule has 1 saturated heterocycles. The van der Waals surface area contributed by atoms with Crippen molar-refractivity contribution in [1.29, 1.82) is 0 Å². The van der Waals surface area contributed by atoms with E-state index in [4.69, 9.17) is 5.73 Å². The minimum absolute atomic E-state index is 0.664. The van der Waals surface area contributed by atoms with Crippen molar-refractivity contribution < 1.29 is 0 Å². The number of benzene rings is 1. The van der Waals surface area contributed by atoms with Crippen molar-refractivity contribution in [2.45, 2.75) is 19.5 Å². The quantitative estimate of drug-likeness (QED) is 0.806. The van der Waals surface area contributed by atoms with Crippen LogP contribution in [0.1, 0.15) is 17.5 Å². The van der Waals surface area contributed by atoms with Crippen LogP contribution in [0.5, 0.6) is 0 Å². The Bertz CT molecular complexity index is 351. The van der Waals surface area contributed by atoms with Gasteiger partial charge < -0.3 is 5.73 Å². The van der Waals surface area contributed by atoms with Crippen LogP contribution < -0.4 is 5.73 Å². The van der Waals surface area contributed by atoms with Crippen LogP contribution in [0, 0.1) is 11.8 Å². The van der Waals surface area contributed by atoms with E-state index in [9.17, 15) is 0 Å². The van der Waals surface area contributed by atoms with Gasteiger partial charge in [-0.2, -0.15) is 0 Å². The normalized spacial score (nSPS) is 29.1. The van der Waals surface area contributed by atoms with Gasteiger partial charge in [0.1, 0.15) is 0 Å². The molecule has 2 aliphatic rings. The maximum absolute atomic E-state index is 5.74. The molecule has 2 N–H and O–H groups in total. The summed E-state index contributed by atoms with van der Waals surface area (Å²) in [7, 11) is 0. The zero-order valence-electron chi connectivity index (χ0n) is 9.02. The molecule has 2 fully saturated rings. The average molecular weight is 202 g/mol. The lowest BCUT2D eigenvalue weighted by Crippen LogP contribution is -2.23. The summed E-state index contributed by atoms with van der Waals surface area (Å²) in [4.78, 5) is 2.58. The Morgan fingerprint density at radius 3 is 2.47 bits per heavy atom. The van der Waals surface area contributed by atoms with Gasteiger partial charge in [0.2, 0.25) is 0 Å². The molecular weight excluding hydrogens is 184 g/mol. The number of likely N-dealkylation sites (tertiary alicyclic amines) is 1. The maximum Gasteiger partial charge on any atom is 0.0237 e. The fourth-order valence-corrected chi connectivity index (χ4v) is 2.78. The molecular formula is C13H18N2. The first-order chi connectivity index (χ1) is 7.36. The van der Waals surface area contributed by atoms with E-state index in [2.05, 4.69) is 29.2 Å². The molecule has 80 valence electrons. The lowest BCUT2D eigenvalue weighted by atomic mass is 10.1. The summed E-state index contributed by atoms with van der Waals surface area (Å²) in [6.07, 6.45) is 1.48.